The van der Waals surface area contributed by atoms with E-state index in [1.807, 2.05) is 18.2 Å². The first-order valence-corrected chi connectivity index (χ1v) is 8.19. The van der Waals surface area contributed by atoms with E-state index in [4.69, 9.17) is 16.3 Å². The lowest BCUT2D eigenvalue weighted by Gasteiger charge is -2.18. The van der Waals surface area contributed by atoms with Gasteiger partial charge in [0.2, 0.25) is 5.91 Å². The molecule has 21 heavy (non-hydrogen) atoms. The van der Waals surface area contributed by atoms with Gasteiger partial charge < -0.3 is 10.1 Å². The monoisotopic (exact) mass is 311 g/mol. The number of hydrogen-bond acceptors (Lipinski definition) is 2. The second-order valence-electron chi connectivity index (χ2n) is 4.96. The molecule has 1 aromatic carbocycles. The molecule has 0 aromatic heterocycles. The molecule has 0 aliphatic carbocycles. The van der Waals surface area contributed by atoms with E-state index in [0.29, 0.717) is 13.2 Å². The number of aryl methyl sites for hydroxylation is 2. The number of ether oxygens (including phenoxy) is 1. The Kier molecular flexibility index (Phi) is 8.40. The van der Waals surface area contributed by atoms with Gasteiger partial charge in [-0.15, -0.1) is 11.6 Å². The van der Waals surface area contributed by atoms with Gasteiger partial charge in [-0.1, -0.05) is 39.0 Å². The van der Waals surface area contributed by atoms with Gasteiger partial charge in [0.1, 0.15) is 5.38 Å². The Labute approximate surface area is 133 Å². The highest BCUT2D eigenvalue weighted by atomic mass is 35.5. The number of carbonyl (C=O) groups excluding carboxylic acids is 1. The second kappa shape index (κ2) is 9.80. The number of hydrogen-bond donors (Lipinski definition) is 1. The molecule has 0 spiro atoms. The number of alkyl halides is 1. The van der Waals surface area contributed by atoms with Gasteiger partial charge >= 0.3 is 0 Å². The van der Waals surface area contributed by atoms with Crippen LogP contribution in [-0.4, -0.2) is 25.7 Å². The van der Waals surface area contributed by atoms with Gasteiger partial charge in [-0.2, -0.15) is 0 Å². The van der Waals surface area contributed by atoms with Gasteiger partial charge in [-0.3, -0.25) is 4.79 Å². The summed E-state index contributed by atoms with van der Waals surface area (Å²) in [6, 6.07) is 6.12. The number of carbonyl (C=O) groups is 1. The molecule has 1 aromatic rings. The van der Waals surface area contributed by atoms with Gasteiger partial charge in [0.05, 0.1) is 6.61 Å². The summed E-state index contributed by atoms with van der Waals surface area (Å²) < 4.78 is 5.35. The SMILES string of the molecule is CCCOCCNC(=O)C(Cl)c1c(CC)cccc1CC. The van der Waals surface area contributed by atoms with Crippen molar-refractivity contribution in [2.24, 2.45) is 0 Å². The van der Waals surface area contributed by atoms with Crippen LogP contribution >= 0.6 is 11.6 Å². The molecule has 1 N–H and O–H groups in total. The minimum atomic E-state index is -0.637. The van der Waals surface area contributed by atoms with Crippen molar-refractivity contribution in [2.75, 3.05) is 19.8 Å². The number of halogens is 1. The normalized spacial score (nSPS) is 12.2. The third-order valence-electron chi connectivity index (χ3n) is 3.43. The maximum absolute atomic E-state index is 12.2. The van der Waals surface area contributed by atoms with Crippen LogP contribution in [0.3, 0.4) is 0 Å². The molecular weight excluding hydrogens is 286 g/mol. The fourth-order valence-corrected chi connectivity index (χ4v) is 2.68. The van der Waals surface area contributed by atoms with Crippen LogP contribution in [0, 0.1) is 0 Å². The molecule has 4 heteroatoms. The molecule has 1 amide bonds. The van der Waals surface area contributed by atoms with Crippen molar-refractivity contribution in [3.8, 4) is 0 Å². The van der Waals surface area contributed by atoms with E-state index < -0.39 is 5.38 Å². The molecule has 0 fully saturated rings. The first kappa shape index (κ1) is 18.0. The number of benzene rings is 1. The molecular formula is C17H26ClNO2. The summed E-state index contributed by atoms with van der Waals surface area (Å²) in [4.78, 5) is 12.2. The smallest absolute Gasteiger partial charge is 0.242 e. The van der Waals surface area contributed by atoms with E-state index in [1.165, 1.54) is 0 Å². The van der Waals surface area contributed by atoms with E-state index in [1.54, 1.807) is 0 Å². The Morgan fingerprint density at radius 1 is 1.19 bits per heavy atom. The summed E-state index contributed by atoms with van der Waals surface area (Å²) in [5, 5.41) is 2.21. The lowest BCUT2D eigenvalue weighted by molar-refractivity contribution is -0.121. The van der Waals surface area contributed by atoms with Crippen molar-refractivity contribution in [1.82, 2.24) is 5.32 Å². The van der Waals surface area contributed by atoms with E-state index in [-0.39, 0.29) is 5.91 Å². The fraction of sp³-hybridized carbons (Fsp3) is 0.588. The minimum Gasteiger partial charge on any atom is -0.380 e. The highest BCUT2D eigenvalue weighted by molar-refractivity contribution is 6.31. The van der Waals surface area contributed by atoms with Gasteiger partial charge in [-0.25, -0.2) is 0 Å². The van der Waals surface area contributed by atoms with Crippen molar-refractivity contribution in [3.05, 3.63) is 34.9 Å². The van der Waals surface area contributed by atoms with Crippen LogP contribution in [0.15, 0.2) is 18.2 Å². The third kappa shape index (κ3) is 5.33. The zero-order valence-corrected chi connectivity index (χ0v) is 14.0. The summed E-state index contributed by atoms with van der Waals surface area (Å²) in [6.07, 6.45) is 2.73. The Morgan fingerprint density at radius 3 is 2.33 bits per heavy atom. The van der Waals surface area contributed by atoms with Crippen molar-refractivity contribution in [3.63, 3.8) is 0 Å². The first-order chi connectivity index (χ1) is 10.2. The van der Waals surface area contributed by atoms with Gasteiger partial charge in [0, 0.05) is 13.2 Å². The zero-order valence-electron chi connectivity index (χ0n) is 13.2. The summed E-state index contributed by atoms with van der Waals surface area (Å²) in [5.41, 5.74) is 3.26. The third-order valence-corrected chi connectivity index (χ3v) is 3.84. The van der Waals surface area contributed by atoms with Crippen LogP contribution in [0.25, 0.3) is 0 Å². The summed E-state index contributed by atoms with van der Waals surface area (Å²) in [6.45, 7) is 7.97. The predicted molar refractivity (Wildman–Crippen MR) is 87.9 cm³/mol. The van der Waals surface area contributed by atoms with Crippen LogP contribution in [0.5, 0.6) is 0 Å². The highest BCUT2D eigenvalue weighted by Crippen LogP contribution is 2.29. The van der Waals surface area contributed by atoms with Crippen molar-refractivity contribution >= 4 is 17.5 Å². The van der Waals surface area contributed by atoms with Gasteiger partial charge in [-0.05, 0) is 36.0 Å². The van der Waals surface area contributed by atoms with E-state index >= 15 is 0 Å². The van der Waals surface area contributed by atoms with Gasteiger partial charge in [0.15, 0.2) is 0 Å². The largest absolute Gasteiger partial charge is 0.380 e. The summed E-state index contributed by atoms with van der Waals surface area (Å²) in [7, 11) is 0. The Bertz CT molecular complexity index is 426. The lowest BCUT2D eigenvalue weighted by Crippen LogP contribution is -2.31. The topological polar surface area (TPSA) is 38.3 Å². The molecule has 1 unspecified atom stereocenters. The van der Waals surface area contributed by atoms with Crippen molar-refractivity contribution in [1.29, 1.82) is 0 Å². The first-order valence-electron chi connectivity index (χ1n) is 7.75. The van der Waals surface area contributed by atoms with Crippen LogP contribution in [0.1, 0.15) is 49.3 Å². The van der Waals surface area contributed by atoms with Crippen LogP contribution < -0.4 is 5.32 Å². The molecule has 1 atom stereocenters. The maximum atomic E-state index is 12.2. The standard InChI is InChI=1S/C17H26ClNO2/c1-4-11-21-12-10-19-17(20)16(18)15-13(5-2)8-7-9-14(15)6-3/h7-9,16H,4-6,10-12H2,1-3H3,(H,19,20). The minimum absolute atomic E-state index is 0.146. The summed E-state index contributed by atoms with van der Waals surface area (Å²) >= 11 is 6.41. The van der Waals surface area contributed by atoms with E-state index in [0.717, 1.165) is 42.6 Å². The van der Waals surface area contributed by atoms with Gasteiger partial charge in [0.25, 0.3) is 0 Å². The Hall–Kier alpha value is -1.06. The van der Waals surface area contributed by atoms with Crippen molar-refractivity contribution < 1.29 is 9.53 Å². The lowest BCUT2D eigenvalue weighted by atomic mass is 9.94. The van der Waals surface area contributed by atoms with E-state index in [9.17, 15) is 4.79 Å². The maximum Gasteiger partial charge on any atom is 0.242 e. The second-order valence-corrected chi connectivity index (χ2v) is 5.40. The van der Waals surface area contributed by atoms with Crippen LogP contribution in [0.4, 0.5) is 0 Å². The molecule has 0 saturated heterocycles. The highest BCUT2D eigenvalue weighted by Gasteiger charge is 2.22. The van der Waals surface area contributed by atoms with Crippen LogP contribution in [-0.2, 0) is 22.4 Å². The Balaban J connectivity index is 2.69. The fourth-order valence-electron chi connectivity index (χ4n) is 2.32. The Morgan fingerprint density at radius 2 is 1.81 bits per heavy atom. The molecule has 0 bridgehead atoms. The predicted octanol–water partition coefficient (Wildman–Crippen LogP) is 3.63. The molecule has 0 saturated carbocycles. The van der Waals surface area contributed by atoms with E-state index in [2.05, 4.69) is 26.1 Å². The zero-order chi connectivity index (χ0) is 15.7. The molecule has 1 rings (SSSR count). The molecule has 3 nitrogen and oxygen atoms in total. The number of rotatable bonds is 9. The number of nitrogens with one attached hydrogen (secondary N) is 1. The summed E-state index contributed by atoms with van der Waals surface area (Å²) in [5.74, 6) is -0.146. The quantitative estimate of drug-likeness (QED) is 0.558. The average Bonchev–Trinajstić information content (AvgIpc) is 2.52. The van der Waals surface area contributed by atoms with Crippen molar-refractivity contribution in [2.45, 2.75) is 45.4 Å². The molecule has 118 valence electrons. The van der Waals surface area contributed by atoms with Crippen LogP contribution in [0.2, 0.25) is 0 Å². The molecule has 0 radical (unpaired) electrons. The molecule has 0 aliphatic heterocycles. The average molecular weight is 312 g/mol. The number of amides is 1. The molecule has 0 heterocycles. The molecule has 0 aliphatic rings.